The first-order chi connectivity index (χ1) is 9.58. The molecule has 20 heavy (non-hydrogen) atoms. The fourth-order valence-corrected chi connectivity index (χ4v) is 2.82. The molecular weight excluding hydrogens is 278 g/mol. The van der Waals surface area contributed by atoms with E-state index >= 15 is 0 Å². The summed E-state index contributed by atoms with van der Waals surface area (Å²) in [7, 11) is 0. The summed E-state index contributed by atoms with van der Waals surface area (Å²) in [5.41, 5.74) is 1.76. The molecule has 5 heteroatoms. The average Bonchev–Trinajstić information content (AvgIpc) is 2.79. The molecule has 0 N–H and O–H groups in total. The highest BCUT2D eigenvalue weighted by molar-refractivity contribution is 6.18. The van der Waals surface area contributed by atoms with E-state index in [1.54, 1.807) is 11.0 Å². The monoisotopic (exact) mass is 291 g/mol. The van der Waals surface area contributed by atoms with E-state index in [1.165, 1.54) is 6.07 Å². The van der Waals surface area contributed by atoms with Gasteiger partial charge in [-0.1, -0.05) is 0 Å². The zero-order chi connectivity index (χ0) is 14.3. The summed E-state index contributed by atoms with van der Waals surface area (Å²) < 4.78 is 5.21. The number of benzene rings is 1. The Balaban J connectivity index is 2.05. The second-order valence-corrected chi connectivity index (χ2v) is 5.47. The lowest BCUT2D eigenvalue weighted by Gasteiger charge is -2.16. The number of hydrogen-bond acceptors (Lipinski definition) is 3. The molecule has 0 bridgehead atoms. The van der Waals surface area contributed by atoms with Crippen molar-refractivity contribution in [3.8, 4) is 0 Å². The SMILES string of the molecule is Cc1cc(=O)oc2cc(N3CC(CCl)CC3=O)ccc12. The van der Waals surface area contributed by atoms with Crippen LogP contribution in [0.4, 0.5) is 5.69 Å². The molecule has 3 rings (SSSR count). The second-order valence-electron chi connectivity index (χ2n) is 5.16. The number of carbonyl (C=O) groups is 1. The Bertz CT molecular complexity index is 737. The maximum Gasteiger partial charge on any atom is 0.336 e. The summed E-state index contributed by atoms with van der Waals surface area (Å²) in [5.74, 6) is 0.721. The van der Waals surface area contributed by atoms with E-state index in [0.29, 0.717) is 24.4 Å². The molecule has 0 aliphatic carbocycles. The first kappa shape index (κ1) is 13.2. The van der Waals surface area contributed by atoms with Gasteiger partial charge >= 0.3 is 5.63 Å². The minimum Gasteiger partial charge on any atom is -0.423 e. The fraction of sp³-hybridized carbons (Fsp3) is 0.333. The van der Waals surface area contributed by atoms with Crippen LogP contribution in [0.1, 0.15) is 12.0 Å². The van der Waals surface area contributed by atoms with Gasteiger partial charge in [0.25, 0.3) is 0 Å². The van der Waals surface area contributed by atoms with Crippen molar-refractivity contribution in [3.05, 3.63) is 40.2 Å². The minimum atomic E-state index is -0.376. The highest BCUT2D eigenvalue weighted by Crippen LogP contribution is 2.29. The number of nitrogens with zero attached hydrogens (tertiary/aromatic N) is 1. The number of rotatable bonds is 2. The number of alkyl halides is 1. The second kappa shape index (κ2) is 4.94. The predicted molar refractivity (Wildman–Crippen MR) is 78.4 cm³/mol. The van der Waals surface area contributed by atoms with Gasteiger partial charge in [0.15, 0.2) is 0 Å². The molecular formula is C15H14ClNO3. The Hall–Kier alpha value is -1.81. The summed E-state index contributed by atoms with van der Waals surface area (Å²) in [5, 5.41) is 0.883. The number of fused-ring (bicyclic) bond motifs is 1. The van der Waals surface area contributed by atoms with Crippen LogP contribution >= 0.6 is 11.6 Å². The molecule has 0 spiro atoms. The quantitative estimate of drug-likeness (QED) is 0.631. The molecule has 1 aromatic heterocycles. The van der Waals surface area contributed by atoms with Crippen molar-refractivity contribution in [2.24, 2.45) is 5.92 Å². The molecule has 104 valence electrons. The van der Waals surface area contributed by atoms with E-state index < -0.39 is 0 Å². The number of amides is 1. The van der Waals surface area contributed by atoms with Gasteiger partial charge in [-0.25, -0.2) is 4.79 Å². The number of aryl methyl sites for hydroxylation is 1. The largest absolute Gasteiger partial charge is 0.423 e. The Kier molecular flexibility index (Phi) is 3.26. The van der Waals surface area contributed by atoms with Crippen LogP contribution in [0.15, 0.2) is 33.5 Å². The molecule has 4 nitrogen and oxygen atoms in total. The maximum atomic E-state index is 12.0. The van der Waals surface area contributed by atoms with Gasteiger partial charge in [0, 0.05) is 42.1 Å². The van der Waals surface area contributed by atoms with Crippen molar-refractivity contribution in [3.63, 3.8) is 0 Å². The van der Waals surface area contributed by atoms with Crippen molar-refractivity contribution in [2.45, 2.75) is 13.3 Å². The van der Waals surface area contributed by atoms with Gasteiger partial charge in [-0.3, -0.25) is 4.79 Å². The van der Waals surface area contributed by atoms with Gasteiger partial charge in [-0.2, -0.15) is 0 Å². The summed E-state index contributed by atoms with van der Waals surface area (Å²) >= 11 is 5.82. The predicted octanol–water partition coefficient (Wildman–Crippen LogP) is 2.69. The third-order valence-corrected chi connectivity index (χ3v) is 4.11. The molecule has 2 heterocycles. The van der Waals surface area contributed by atoms with E-state index in [-0.39, 0.29) is 17.5 Å². The normalized spacial score (nSPS) is 19.0. The van der Waals surface area contributed by atoms with Gasteiger partial charge in [0.2, 0.25) is 5.91 Å². The molecule has 1 unspecified atom stereocenters. The number of hydrogen-bond donors (Lipinski definition) is 0. The average molecular weight is 292 g/mol. The topological polar surface area (TPSA) is 50.5 Å². The minimum absolute atomic E-state index is 0.0602. The smallest absolute Gasteiger partial charge is 0.336 e. The third kappa shape index (κ3) is 2.20. The fourth-order valence-electron chi connectivity index (χ4n) is 2.62. The number of carbonyl (C=O) groups excluding carboxylic acids is 1. The van der Waals surface area contributed by atoms with Gasteiger partial charge in [-0.15, -0.1) is 11.6 Å². The Morgan fingerprint density at radius 1 is 1.35 bits per heavy atom. The van der Waals surface area contributed by atoms with Crippen molar-refractivity contribution in [1.29, 1.82) is 0 Å². The molecule has 1 saturated heterocycles. The molecule has 2 aromatic rings. The first-order valence-corrected chi connectivity index (χ1v) is 7.03. The standard InChI is InChI=1S/C15H14ClNO3/c1-9-4-15(19)20-13-6-11(2-3-12(9)13)17-8-10(7-16)5-14(17)18/h2-4,6,10H,5,7-8H2,1H3. The van der Waals surface area contributed by atoms with E-state index in [2.05, 4.69) is 0 Å². The van der Waals surface area contributed by atoms with Crippen LogP contribution in [0.5, 0.6) is 0 Å². The molecule has 1 atom stereocenters. The summed E-state index contributed by atoms with van der Waals surface area (Å²) in [4.78, 5) is 25.1. The van der Waals surface area contributed by atoms with Crippen LogP contribution in [-0.4, -0.2) is 18.3 Å². The molecule has 1 aliphatic heterocycles. The molecule has 1 amide bonds. The molecule has 0 saturated carbocycles. The van der Waals surface area contributed by atoms with Crippen LogP contribution in [0, 0.1) is 12.8 Å². The summed E-state index contributed by atoms with van der Waals surface area (Å²) in [6.07, 6.45) is 0.472. The molecule has 1 aromatic carbocycles. The van der Waals surface area contributed by atoms with Crippen LogP contribution in [0.25, 0.3) is 11.0 Å². The highest BCUT2D eigenvalue weighted by atomic mass is 35.5. The molecule has 1 aliphatic rings. The lowest BCUT2D eigenvalue weighted by molar-refractivity contribution is -0.117. The van der Waals surface area contributed by atoms with Crippen molar-refractivity contribution in [1.82, 2.24) is 0 Å². The molecule has 0 radical (unpaired) electrons. The van der Waals surface area contributed by atoms with Crippen molar-refractivity contribution in [2.75, 3.05) is 17.3 Å². The van der Waals surface area contributed by atoms with E-state index in [1.807, 2.05) is 19.1 Å². The van der Waals surface area contributed by atoms with Crippen LogP contribution in [-0.2, 0) is 4.79 Å². The Morgan fingerprint density at radius 2 is 2.15 bits per heavy atom. The molecule has 1 fully saturated rings. The van der Waals surface area contributed by atoms with Gasteiger partial charge in [0.05, 0.1) is 0 Å². The van der Waals surface area contributed by atoms with Crippen molar-refractivity contribution >= 4 is 34.2 Å². The summed E-state index contributed by atoms with van der Waals surface area (Å²) in [6.45, 7) is 2.48. The van der Waals surface area contributed by atoms with Crippen LogP contribution in [0.2, 0.25) is 0 Å². The zero-order valence-corrected chi connectivity index (χ0v) is 11.8. The number of anilines is 1. The van der Waals surface area contributed by atoms with E-state index in [0.717, 1.165) is 16.6 Å². The van der Waals surface area contributed by atoms with Crippen molar-refractivity contribution < 1.29 is 9.21 Å². The Morgan fingerprint density at radius 3 is 2.85 bits per heavy atom. The number of halogens is 1. The first-order valence-electron chi connectivity index (χ1n) is 6.49. The van der Waals surface area contributed by atoms with Gasteiger partial charge < -0.3 is 9.32 Å². The van der Waals surface area contributed by atoms with Crippen LogP contribution in [0.3, 0.4) is 0 Å². The third-order valence-electron chi connectivity index (χ3n) is 3.67. The van der Waals surface area contributed by atoms with E-state index in [4.69, 9.17) is 16.0 Å². The van der Waals surface area contributed by atoms with Gasteiger partial charge in [-0.05, 0) is 30.5 Å². The Labute approximate surface area is 120 Å². The van der Waals surface area contributed by atoms with E-state index in [9.17, 15) is 9.59 Å². The summed E-state index contributed by atoms with van der Waals surface area (Å²) in [6, 6.07) is 6.97. The zero-order valence-electron chi connectivity index (χ0n) is 11.1. The van der Waals surface area contributed by atoms with Gasteiger partial charge in [0.1, 0.15) is 5.58 Å². The maximum absolute atomic E-state index is 12.0. The lowest BCUT2D eigenvalue weighted by atomic mass is 10.1. The highest BCUT2D eigenvalue weighted by Gasteiger charge is 2.30. The van der Waals surface area contributed by atoms with Crippen LogP contribution < -0.4 is 10.5 Å². The lowest BCUT2D eigenvalue weighted by Crippen LogP contribution is -2.24.